The molecule has 31 heavy (non-hydrogen) atoms. The van der Waals surface area contributed by atoms with Crippen molar-refractivity contribution in [1.82, 2.24) is 10.6 Å². The predicted octanol–water partition coefficient (Wildman–Crippen LogP) is 3.37. The van der Waals surface area contributed by atoms with Gasteiger partial charge in [-0.25, -0.2) is 0 Å². The Morgan fingerprint density at radius 1 is 0.871 bits per heavy atom. The van der Waals surface area contributed by atoms with Gasteiger partial charge in [0, 0.05) is 35.8 Å². The van der Waals surface area contributed by atoms with E-state index in [9.17, 15) is 14.4 Å². The molecule has 1 fully saturated rings. The fourth-order valence-corrected chi connectivity index (χ4v) is 2.89. The quantitative estimate of drug-likeness (QED) is 0.483. The highest BCUT2D eigenvalue weighted by molar-refractivity contribution is 5.97. The van der Waals surface area contributed by atoms with Crippen molar-refractivity contribution in [1.29, 1.82) is 0 Å². The highest BCUT2D eigenvalue weighted by Crippen LogP contribution is 2.30. The minimum absolute atomic E-state index is 0.0339. The van der Waals surface area contributed by atoms with Gasteiger partial charge in [0.1, 0.15) is 5.75 Å². The molecule has 1 saturated carbocycles. The number of ether oxygens (including phenoxy) is 1. The molecule has 0 unspecified atom stereocenters. The number of anilines is 1. The number of nitrogens with one attached hydrogen (secondary N) is 3. The summed E-state index contributed by atoms with van der Waals surface area (Å²) in [5.41, 5.74) is 1.72. The molecule has 164 valence electrons. The molecule has 0 bridgehead atoms. The molecule has 3 amide bonds. The first-order valence-corrected chi connectivity index (χ1v) is 10.8. The van der Waals surface area contributed by atoms with Crippen LogP contribution in [0.15, 0.2) is 48.5 Å². The van der Waals surface area contributed by atoms with Gasteiger partial charge in [0.25, 0.3) is 11.8 Å². The number of hydrogen-bond acceptors (Lipinski definition) is 4. The number of benzene rings is 2. The average Bonchev–Trinajstić information content (AvgIpc) is 3.63. The number of hydrogen-bond donors (Lipinski definition) is 3. The Labute approximate surface area is 182 Å². The van der Waals surface area contributed by atoms with Crippen molar-refractivity contribution in [2.24, 2.45) is 5.92 Å². The highest BCUT2D eigenvalue weighted by Gasteiger charge is 2.29. The molecule has 0 aliphatic heterocycles. The lowest BCUT2D eigenvalue weighted by atomic mass is 10.2. The summed E-state index contributed by atoms with van der Waals surface area (Å²) in [5, 5.41) is 8.39. The normalized spacial score (nSPS) is 12.7. The molecule has 3 rings (SSSR count). The molecule has 7 nitrogen and oxygen atoms in total. The third-order valence-corrected chi connectivity index (χ3v) is 4.94. The molecule has 2 aromatic rings. The minimum atomic E-state index is -0.233. The zero-order valence-electron chi connectivity index (χ0n) is 17.8. The monoisotopic (exact) mass is 423 g/mol. The molecule has 2 aromatic carbocycles. The minimum Gasteiger partial charge on any atom is -0.494 e. The molecule has 1 aliphatic carbocycles. The van der Waals surface area contributed by atoms with Crippen LogP contribution in [-0.2, 0) is 4.79 Å². The van der Waals surface area contributed by atoms with Gasteiger partial charge in [-0.15, -0.1) is 0 Å². The number of unbranched alkanes of at least 4 members (excludes halogenated alkanes) is 1. The first kappa shape index (κ1) is 22.3. The third kappa shape index (κ3) is 7.13. The van der Waals surface area contributed by atoms with Crippen LogP contribution in [0.5, 0.6) is 5.75 Å². The van der Waals surface area contributed by atoms with E-state index < -0.39 is 0 Å². The van der Waals surface area contributed by atoms with Gasteiger partial charge in [-0.05, 0) is 67.8 Å². The van der Waals surface area contributed by atoms with Crippen molar-refractivity contribution in [2.45, 2.75) is 32.6 Å². The van der Waals surface area contributed by atoms with Gasteiger partial charge in [-0.1, -0.05) is 13.3 Å². The Morgan fingerprint density at radius 3 is 1.94 bits per heavy atom. The maximum Gasteiger partial charge on any atom is 0.251 e. The summed E-state index contributed by atoms with van der Waals surface area (Å²) in [6, 6.07) is 13.8. The van der Waals surface area contributed by atoms with Gasteiger partial charge in [0.05, 0.1) is 6.61 Å². The van der Waals surface area contributed by atoms with Crippen LogP contribution in [0.2, 0.25) is 0 Å². The zero-order valence-corrected chi connectivity index (χ0v) is 17.8. The number of carbonyl (C=O) groups excluding carboxylic acids is 3. The molecule has 7 heteroatoms. The molecule has 0 atom stereocenters. The molecule has 0 spiro atoms. The van der Waals surface area contributed by atoms with E-state index in [1.807, 2.05) is 0 Å². The van der Waals surface area contributed by atoms with Crippen LogP contribution in [0.3, 0.4) is 0 Å². The summed E-state index contributed by atoms with van der Waals surface area (Å²) in [5.74, 6) is 0.477. The van der Waals surface area contributed by atoms with Crippen molar-refractivity contribution in [2.75, 3.05) is 25.0 Å². The summed E-state index contributed by atoms with van der Waals surface area (Å²) in [6.07, 6.45) is 3.96. The fraction of sp³-hybridized carbons (Fsp3) is 0.375. The van der Waals surface area contributed by atoms with Gasteiger partial charge in [-0.3, -0.25) is 14.4 Å². The van der Waals surface area contributed by atoms with E-state index in [0.717, 1.165) is 31.4 Å². The van der Waals surface area contributed by atoms with Gasteiger partial charge in [-0.2, -0.15) is 0 Å². The molecular weight excluding hydrogens is 394 g/mol. The van der Waals surface area contributed by atoms with Crippen LogP contribution in [0.4, 0.5) is 5.69 Å². The first-order valence-electron chi connectivity index (χ1n) is 10.8. The molecule has 0 saturated heterocycles. The van der Waals surface area contributed by atoms with E-state index in [1.54, 1.807) is 48.5 Å². The van der Waals surface area contributed by atoms with E-state index in [1.165, 1.54) is 0 Å². The molecule has 0 heterocycles. The van der Waals surface area contributed by atoms with Crippen molar-refractivity contribution < 1.29 is 19.1 Å². The van der Waals surface area contributed by atoms with Crippen LogP contribution >= 0.6 is 0 Å². The Hall–Kier alpha value is -3.35. The lowest BCUT2D eigenvalue weighted by Gasteiger charge is -2.09. The van der Waals surface area contributed by atoms with Gasteiger partial charge < -0.3 is 20.7 Å². The molecule has 0 radical (unpaired) electrons. The van der Waals surface area contributed by atoms with E-state index in [-0.39, 0.29) is 23.6 Å². The number of carbonyl (C=O) groups is 3. The van der Waals surface area contributed by atoms with Crippen molar-refractivity contribution in [3.05, 3.63) is 59.7 Å². The summed E-state index contributed by atoms with van der Waals surface area (Å²) in [4.78, 5) is 36.2. The number of amides is 3. The summed E-state index contributed by atoms with van der Waals surface area (Å²) < 4.78 is 5.59. The van der Waals surface area contributed by atoms with E-state index in [4.69, 9.17) is 4.74 Å². The fourth-order valence-electron chi connectivity index (χ4n) is 2.89. The second-order valence-electron chi connectivity index (χ2n) is 7.58. The lowest BCUT2D eigenvalue weighted by Crippen LogP contribution is -2.34. The number of rotatable bonds is 11. The zero-order chi connectivity index (χ0) is 22.1. The third-order valence-electron chi connectivity index (χ3n) is 4.94. The smallest absolute Gasteiger partial charge is 0.251 e. The van der Waals surface area contributed by atoms with Gasteiger partial charge >= 0.3 is 0 Å². The van der Waals surface area contributed by atoms with Gasteiger partial charge in [0.15, 0.2) is 0 Å². The Morgan fingerprint density at radius 2 is 1.42 bits per heavy atom. The van der Waals surface area contributed by atoms with Crippen LogP contribution in [0, 0.1) is 5.92 Å². The topological polar surface area (TPSA) is 96.5 Å². The van der Waals surface area contributed by atoms with Crippen LogP contribution in [-0.4, -0.2) is 37.4 Å². The maximum atomic E-state index is 12.2. The predicted molar refractivity (Wildman–Crippen MR) is 119 cm³/mol. The molecule has 1 aliphatic rings. The van der Waals surface area contributed by atoms with Crippen LogP contribution < -0.4 is 20.7 Å². The molecular formula is C24H29N3O4. The van der Waals surface area contributed by atoms with Crippen molar-refractivity contribution in [3.8, 4) is 5.75 Å². The second-order valence-corrected chi connectivity index (χ2v) is 7.58. The van der Waals surface area contributed by atoms with Crippen LogP contribution in [0.1, 0.15) is 53.3 Å². The second kappa shape index (κ2) is 11.2. The summed E-state index contributed by atoms with van der Waals surface area (Å²) in [6.45, 7) is 3.39. The average molecular weight is 424 g/mol. The highest BCUT2D eigenvalue weighted by atomic mass is 16.5. The van der Waals surface area contributed by atoms with E-state index in [0.29, 0.717) is 36.5 Å². The molecule has 3 N–H and O–H groups in total. The summed E-state index contributed by atoms with van der Waals surface area (Å²) in [7, 11) is 0. The van der Waals surface area contributed by atoms with Crippen molar-refractivity contribution >= 4 is 23.4 Å². The Kier molecular flexibility index (Phi) is 8.04. The largest absolute Gasteiger partial charge is 0.494 e. The Bertz CT molecular complexity index is 890. The molecule has 0 aromatic heterocycles. The first-order chi connectivity index (χ1) is 15.1. The summed E-state index contributed by atoms with van der Waals surface area (Å²) >= 11 is 0. The maximum absolute atomic E-state index is 12.2. The van der Waals surface area contributed by atoms with Crippen molar-refractivity contribution in [3.63, 3.8) is 0 Å². The SMILES string of the molecule is CCCCOc1ccc(C(=O)NCCNC(=O)c2ccc(NC(=O)C3CC3)cc2)cc1. The van der Waals surface area contributed by atoms with E-state index in [2.05, 4.69) is 22.9 Å². The van der Waals surface area contributed by atoms with E-state index >= 15 is 0 Å². The standard InChI is InChI=1S/C24H29N3O4/c1-2-3-16-31-21-12-8-18(9-13-21)23(29)26-15-14-25-22(28)17-6-10-20(11-7-17)27-24(30)19-4-5-19/h6-13,19H,2-5,14-16H2,1H3,(H,25,28)(H,26,29)(H,27,30). The van der Waals surface area contributed by atoms with Gasteiger partial charge in [0.2, 0.25) is 5.91 Å². The van der Waals surface area contributed by atoms with Crippen LogP contribution in [0.25, 0.3) is 0 Å². The lowest BCUT2D eigenvalue weighted by molar-refractivity contribution is -0.117. The Balaban J connectivity index is 1.36.